The number of hydrogen-bond acceptors (Lipinski definition) is 4. The Morgan fingerprint density at radius 1 is 1.37 bits per heavy atom. The zero-order chi connectivity index (χ0) is 21.3. The molecule has 0 radical (unpaired) electrons. The number of aromatic amines is 1. The average molecular weight is 410 g/mol. The zero-order valence-electron chi connectivity index (χ0n) is 18.3. The highest BCUT2D eigenvalue weighted by atomic mass is 16.5. The molecule has 0 saturated carbocycles. The molecule has 2 N–H and O–H groups in total. The van der Waals surface area contributed by atoms with E-state index >= 15 is 0 Å². The van der Waals surface area contributed by atoms with E-state index in [0.717, 1.165) is 59.9 Å². The molecule has 0 spiro atoms. The molecule has 2 aromatic heterocycles. The Balaban J connectivity index is 1.39. The number of imidazole rings is 1. The topological polar surface area (TPSA) is 84.8 Å². The van der Waals surface area contributed by atoms with Crippen molar-refractivity contribution in [1.29, 1.82) is 0 Å². The van der Waals surface area contributed by atoms with Crippen LogP contribution in [-0.4, -0.2) is 32.3 Å². The minimum Gasteiger partial charge on any atom is -0.370 e. The number of aromatic nitrogens is 4. The molecule has 3 aromatic rings. The van der Waals surface area contributed by atoms with Crippen molar-refractivity contribution in [2.75, 3.05) is 11.9 Å². The first kappa shape index (κ1) is 20.6. The summed E-state index contributed by atoms with van der Waals surface area (Å²) in [6.07, 6.45) is 3.24. The van der Waals surface area contributed by atoms with Gasteiger partial charge in [0.25, 0.3) is 0 Å². The van der Waals surface area contributed by atoms with Gasteiger partial charge in [-0.15, -0.1) is 0 Å². The van der Waals surface area contributed by atoms with E-state index in [9.17, 15) is 4.79 Å². The first-order chi connectivity index (χ1) is 14.4. The number of carbonyl (C=O) groups is 1. The maximum Gasteiger partial charge on any atom is 0.224 e. The fourth-order valence-corrected chi connectivity index (χ4v) is 4.13. The highest BCUT2D eigenvalue weighted by Crippen LogP contribution is 2.28. The van der Waals surface area contributed by atoms with Crippen molar-refractivity contribution in [3.8, 4) is 0 Å². The van der Waals surface area contributed by atoms with Gasteiger partial charge in [-0.25, -0.2) is 4.98 Å². The van der Waals surface area contributed by atoms with E-state index in [0.29, 0.717) is 18.8 Å². The first-order valence-electron chi connectivity index (χ1n) is 10.8. The third-order valence-corrected chi connectivity index (χ3v) is 5.69. The van der Waals surface area contributed by atoms with Gasteiger partial charge in [-0.05, 0) is 62.8 Å². The molecule has 30 heavy (non-hydrogen) atoms. The van der Waals surface area contributed by atoms with Crippen LogP contribution in [0, 0.1) is 19.8 Å². The van der Waals surface area contributed by atoms with Gasteiger partial charge in [0.1, 0.15) is 11.9 Å². The molecule has 1 amide bonds. The van der Waals surface area contributed by atoms with Crippen LogP contribution in [0.3, 0.4) is 0 Å². The van der Waals surface area contributed by atoms with Gasteiger partial charge < -0.3 is 15.0 Å². The molecule has 1 saturated heterocycles. The molecule has 1 aliphatic rings. The van der Waals surface area contributed by atoms with Crippen LogP contribution >= 0.6 is 0 Å². The Morgan fingerprint density at radius 3 is 2.93 bits per heavy atom. The summed E-state index contributed by atoms with van der Waals surface area (Å²) in [4.78, 5) is 20.5. The highest BCUT2D eigenvalue weighted by molar-refractivity contribution is 5.93. The Labute approximate surface area is 177 Å². The summed E-state index contributed by atoms with van der Waals surface area (Å²) in [5.74, 6) is 1.41. The second-order valence-corrected chi connectivity index (χ2v) is 8.63. The number of rotatable bonds is 7. The quantitative estimate of drug-likeness (QED) is 0.603. The smallest absolute Gasteiger partial charge is 0.224 e. The molecule has 0 bridgehead atoms. The van der Waals surface area contributed by atoms with Gasteiger partial charge in [0, 0.05) is 31.0 Å². The summed E-state index contributed by atoms with van der Waals surface area (Å²) in [6, 6.07) is 5.78. The van der Waals surface area contributed by atoms with Crippen LogP contribution < -0.4 is 5.32 Å². The van der Waals surface area contributed by atoms with Crippen LogP contribution in [0.25, 0.3) is 11.0 Å². The Hall–Kier alpha value is -2.67. The number of hydrogen-bond donors (Lipinski definition) is 2. The Kier molecular flexibility index (Phi) is 5.90. The summed E-state index contributed by atoms with van der Waals surface area (Å²) >= 11 is 0. The van der Waals surface area contributed by atoms with Crippen molar-refractivity contribution >= 4 is 22.6 Å². The Morgan fingerprint density at radius 2 is 2.20 bits per heavy atom. The zero-order valence-corrected chi connectivity index (χ0v) is 18.3. The van der Waals surface area contributed by atoms with Gasteiger partial charge in [0.15, 0.2) is 0 Å². The lowest BCUT2D eigenvalue weighted by Gasteiger charge is -2.08. The van der Waals surface area contributed by atoms with Crippen molar-refractivity contribution in [1.82, 2.24) is 19.7 Å². The largest absolute Gasteiger partial charge is 0.370 e. The monoisotopic (exact) mass is 409 g/mol. The van der Waals surface area contributed by atoms with Gasteiger partial charge in [-0.3, -0.25) is 9.48 Å². The van der Waals surface area contributed by atoms with E-state index < -0.39 is 0 Å². The molecule has 7 nitrogen and oxygen atoms in total. The van der Waals surface area contributed by atoms with Crippen LogP contribution in [0.15, 0.2) is 18.2 Å². The SMILES string of the molecule is Cc1nn(CC(C)C)c(C)c1CCC(=O)Nc1ccc2nc(C3CCCO3)[nH]c2c1. The van der Waals surface area contributed by atoms with Crippen molar-refractivity contribution in [2.24, 2.45) is 5.92 Å². The van der Waals surface area contributed by atoms with E-state index in [-0.39, 0.29) is 12.0 Å². The second kappa shape index (κ2) is 8.60. The van der Waals surface area contributed by atoms with Gasteiger partial charge >= 0.3 is 0 Å². The van der Waals surface area contributed by atoms with E-state index in [1.54, 1.807) is 0 Å². The number of H-pyrrole nitrogens is 1. The molecular weight excluding hydrogens is 378 g/mol. The van der Waals surface area contributed by atoms with Gasteiger partial charge in [-0.1, -0.05) is 13.8 Å². The molecule has 0 aliphatic carbocycles. The first-order valence-corrected chi connectivity index (χ1v) is 10.8. The number of fused-ring (bicyclic) bond motifs is 1. The van der Waals surface area contributed by atoms with E-state index in [2.05, 4.69) is 45.8 Å². The molecule has 4 rings (SSSR count). The highest BCUT2D eigenvalue weighted by Gasteiger charge is 2.21. The summed E-state index contributed by atoms with van der Waals surface area (Å²) < 4.78 is 7.77. The van der Waals surface area contributed by atoms with E-state index in [1.165, 1.54) is 5.56 Å². The minimum atomic E-state index is 0.00336. The number of benzene rings is 1. The fraction of sp³-hybridized carbons (Fsp3) is 0.522. The summed E-state index contributed by atoms with van der Waals surface area (Å²) in [5.41, 5.74) is 5.94. The standard InChI is InChI=1S/C23H31N5O2/c1-14(2)13-28-16(4)18(15(3)27-28)8-10-22(29)24-17-7-9-19-20(12-17)26-23(25-19)21-6-5-11-30-21/h7,9,12,14,21H,5-6,8,10-11,13H2,1-4H3,(H,24,29)(H,25,26). The second-order valence-electron chi connectivity index (χ2n) is 8.63. The molecule has 1 unspecified atom stereocenters. The number of aryl methyl sites for hydroxylation is 1. The predicted molar refractivity (Wildman–Crippen MR) is 118 cm³/mol. The van der Waals surface area contributed by atoms with E-state index in [4.69, 9.17) is 4.74 Å². The summed E-state index contributed by atoms with van der Waals surface area (Å²) in [6.45, 7) is 10.2. The van der Waals surface area contributed by atoms with Crippen LogP contribution in [0.1, 0.15) is 62.0 Å². The summed E-state index contributed by atoms with van der Waals surface area (Å²) in [7, 11) is 0. The van der Waals surface area contributed by atoms with Gasteiger partial charge in [0.05, 0.1) is 16.7 Å². The lowest BCUT2D eigenvalue weighted by Crippen LogP contribution is -2.13. The predicted octanol–water partition coefficient (Wildman–Crippen LogP) is 4.46. The molecule has 3 heterocycles. The molecular formula is C23H31N5O2. The van der Waals surface area contributed by atoms with Crippen LogP contribution in [0.5, 0.6) is 0 Å². The molecule has 160 valence electrons. The van der Waals surface area contributed by atoms with Gasteiger partial charge in [0.2, 0.25) is 5.91 Å². The lowest BCUT2D eigenvalue weighted by molar-refractivity contribution is -0.116. The van der Waals surface area contributed by atoms with Crippen LogP contribution in [-0.2, 0) is 22.5 Å². The van der Waals surface area contributed by atoms with Crippen LogP contribution in [0.2, 0.25) is 0 Å². The van der Waals surface area contributed by atoms with Crippen molar-refractivity contribution in [2.45, 2.75) is 66.0 Å². The van der Waals surface area contributed by atoms with Crippen LogP contribution in [0.4, 0.5) is 5.69 Å². The third kappa shape index (κ3) is 4.41. The summed E-state index contributed by atoms with van der Waals surface area (Å²) in [5, 5.41) is 7.66. The normalized spacial score (nSPS) is 16.6. The lowest BCUT2D eigenvalue weighted by atomic mass is 10.1. The number of anilines is 1. The number of nitrogens with zero attached hydrogens (tertiary/aromatic N) is 3. The maximum atomic E-state index is 12.6. The fourth-order valence-electron chi connectivity index (χ4n) is 4.13. The number of carbonyl (C=O) groups excluding carboxylic acids is 1. The van der Waals surface area contributed by atoms with Crippen molar-refractivity contribution in [3.63, 3.8) is 0 Å². The average Bonchev–Trinajstić information content (AvgIpc) is 3.40. The van der Waals surface area contributed by atoms with E-state index in [1.807, 2.05) is 25.1 Å². The third-order valence-electron chi connectivity index (χ3n) is 5.69. The van der Waals surface area contributed by atoms with Crippen molar-refractivity contribution < 1.29 is 9.53 Å². The van der Waals surface area contributed by atoms with Gasteiger partial charge in [-0.2, -0.15) is 5.10 Å². The molecule has 1 aromatic carbocycles. The maximum absolute atomic E-state index is 12.6. The molecule has 1 fully saturated rings. The number of amides is 1. The Bertz CT molecular complexity index is 1040. The minimum absolute atomic E-state index is 0.00336. The number of ether oxygens (including phenoxy) is 1. The molecule has 1 atom stereocenters. The van der Waals surface area contributed by atoms with Crippen molar-refractivity contribution in [3.05, 3.63) is 41.0 Å². The number of nitrogens with one attached hydrogen (secondary N) is 2. The molecule has 7 heteroatoms. The molecule has 1 aliphatic heterocycles.